The molecule has 1 saturated heterocycles. The molecule has 3 rings (SSSR count). The lowest BCUT2D eigenvalue weighted by molar-refractivity contribution is 0.0670. The van der Waals surface area contributed by atoms with Gasteiger partial charge in [-0.05, 0) is 38.6 Å². The summed E-state index contributed by atoms with van der Waals surface area (Å²) in [6.45, 7) is 5.03. The van der Waals surface area contributed by atoms with Crippen LogP contribution in [0.1, 0.15) is 30.3 Å². The Morgan fingerprint density at radius 3 is 2.90 bits per heavy atom. The van der Waals surface area contributed by atoms with E-state index in [2.05, 4.69) is 23.9 Å². The molecule has 1 aliphatic heterocycles. The van der Waals surface area contributed by atoms with Crippen LogP contribution in [0, 0.1) is 0 Å². The standard InChI is InChI=1S/C17H23N3O/c1-3-14-12-19(2)9-6-10-20(14)17(21)16-11-13-7-4-5-8-15(13)18-16/h4-5,7-8,11,14,18H,3,6,9-10,12H2,1-2H3. The molecule has 1 fully saturated rings. The molecule has 0 aliphatic carbocycles. The number of fused-ring (bicyclic) bond motifs is 1. The van der Waals surface area contributed by atoms with Crippen LogP contribution in [0.5, 0.6) is 0 Å². The summed E-state index contributed by atoms with van der Waals surface area (Å²) in [4.78, 5) is 20.5. The topological polar surface area (TPSA) is 39.3 Å². The number of aromatic amines is 1. The smallest absolute Gasteiger partial charge is 0.270 e. The number of hydrogen-bond acceptors (Lipinski definition) is 2. The van der Waals surface area contributed by atoms with Gasteiger partial charge in [0.1, 0.15) is 5.69 Å². The van der Waals surface area contributed by atoms with E-state index in [9.17, 15) is 4.79 Å². The van der Waals surface area contributed by atoms with Crippen LogP contribution in [0.15, 0.2) is 30.3 Å². The van der Waals surface area contributed by atoms with Crippen molar-refractivity contribution in [2.24, 2.45) is 0 Å². The highest BCUT2D eigenvalue weighted by Gasteiger charge is 2.27. The van der Waals surface area contributed by atoms with Gasteiger partial charge in [-0.15, -0.1) is 0 Å². The monoisotopic (exact) mass is 285 g/mol. The molecule has 4 nitrogen and oxygen atoms in total. The minimum absolute atomic E-state index is 0.133. The van der Waals surface area contributed by atoms with Crippen molar-refractivity contribution in [2.75, 3.05) is 26.7 Å². The average molecular weight is 285 g/mol. The molecule has 1 aromatic carbocycles. The Balaban J connectivity index is 1.88. The number of carbonyl (C=O) groups is 1. The molecule has 1 unspecified atom stereocenters. The summed E-state index contributed by atoms with van der Waals surface area (Å²) in [6.07, 6.45) is 2.04. The van der Waals surface area contributed by atoms with E-state index >= 15 is 0 Å². The Morgan fingerprint density at radius 2 is 2.14 bits per heavy atom. The number of amides is 1. The summed E-state index contributed by atoms with van der Waals surface area (Å²) in [6, 6.07) is 10.3. The number of carbonyl (C=O) groups excluding carboxylic acids is 1. The zero-order chi connectivity index (χ0) is 14.8. The van der Waals surface area contributed by atoms with Gasteiger partial charge in [-0.25, -0.2) is 0 Å². The molecular weight excluding hydrogens is 262 g/mol. The normalized spacial score (nSPS) is 20.7. The van der Waals surface area contributed by atoms with Crippen LogP contribution < -0.4 is 0 Å². The van der Waals surface area contributed by atoms with Crippen molar-refractivity contribution in [2.45, 2.75) is 25.8 Å². The molecule has 2 heterocycles. The van der Waals surface area contributed by atoms with E-state index in [1.165, 1.54) is 0 Å². The van der Waals surface area contributed by atoms with Crippen molar-refractivity contribution in [1.82, 2.24) is 14.8 Å². The molecular formula is C17H23N3O. The highest BCUT2D eigenvalue weighted by atomic mass is 16.2. The summed E-state index contributed by atoms with van der Waals surface area (Å²) in [5.74, 6) is 0.133. The summed E-state index contributed by atoms with van der Waals surface area (Å²) >= 11 is 0. The fourth-order valence-corrected chi connectivity index (χ4v) is 3.20. The first-order valence-corrected chi connectivity index (χ1v) is 7.76. The lowest BCUT2D eigenvalue weighted by atomic mass is 10.1. The molecule has 1 aliphatic rings. The first kappa shape index (κ1) is 14.1. The minimum atomic E-state index is 0.133. The molecule has 1 atom stereocenters. The number of rotatable bonds is 2. The van der Waals surface area contributed by atoms with Crippen LogP contribution in [0.4, 0.5) is 0 Å². The highest BCUT2D eigenvalue weighted by molar-refractivity contribution is 5.98. The van der Waals surface area contributed by atoms with Gasteiger partial charge in [0.25, 0.3) is 5.91 Å². The molecule has 0 radical (unpaired) electrons. The number of H-pyrrole nitrogens is 1. The molecule has 21 heavy (non-hydrogen) atoms. The van der Waals surface area contributed by atoms with Crippen LogP contribution >= 0.6 is 0 Å². The van der Waals surface area contributed by atoms with E-state index in [-0.39, 0.29) is 5.91 Å². The maximum absolute atomic E-state index is 12.9. The Hall–Kier alpha value is -1.81. The van der Waals surface area contributed by atoms with Gasteiger partial charge in [0.05, 0.1) is 0 Å². The Morgan fingerprint density at radius 1 is 1.33 bits per heavy atom. The van der Waals surface area contributed by atoms with Crippen molar-refractivity contribution < 1.29 is 4.79 Å². The van der Waals surface area contributed by atoms with Crippen molar-refractivity contribution in [1.29, 1.82) is 0 Å². The summed E-state index contributed by atoms with van der Waals surface area (Å²) in [5, 5.41) is 1.10. The second kappa shape index (κ2) is 5.90. The average Bonchev–Trinajstić information content (AvgIpc) is 2.83. The maximum atomic E-state index is 12.9. The largest absolute Gasteiger partial charge is 0.351 e. The van der Waals surface area contributed by atoms with Crippen LogP contribution in [-0.2, 0) is 0 Å². The number of para-hydroxylation sites is 1. The zero-order valence-corrected chi connectivity index (χ0v) is 12.8. The molecule has 4 heteroatoms. The van der Waals surface area contributed by atoms with Gasteiger partial charge in [-0.1, -0.05) is 25.1 Å². The number of aromatic nitrogens is 1. The molecule has 0 spiro atoms. The minimum Gasteiger partial charge on any atom is -0.351 e. The molecule has 112 valence electrons. The van der Waals surface area contributed by atoms with E-state index < -0.39 is 0 Å². The molecule has 1 aromatic heterocycles. The first-order valence-electron chi connectivity index (χ1n) is 7.76. The second-order valence-electron chi connectivity index (χ2n) is 5.95. The van der Waals surface area contributed by atoms with Crippen molar-refractivity contribution in [3.05, 3.63) is 36.0 Å². The van der Waals surface area contributed by atoms with Crippen molar-refractivity contribution >= 4 is 16.8 Å². The van der Waals surface area contributed by atoms with Gasteiger partial charge in [0.15, 0.2) is 0 Å². The predicted octanol–water partition coefficient (Wildman–Crippen LogP) is 2.72. The Kier molecular flexibility index (Phi) is 3.97. The zero-order valence-electron chi connectivity index (χ0n) is 12.8. The van der Waals surface area contributed by atoms with Crippen LogP contribution in [0.2, 0.25) is 0 Å². The summed E-state index contributed by atoms with van der Waals surface area (Å²) in [5.41, 5.74) is 1.74. The molecule has 0 saturated carbocycles. The third-order valence-electron chi connectivity index (χ3n) is 4.39. The van der Waals surface area contributed by atoms with Gasteiger partial charge in [0.2, 0.25) is 0 Å². The SMILES string of the molecule is CCC1CN(C)CCCN1C(=O)c1cc2ccccc2[nH]1. The van der Waals surface area contributed by atoms with E-state index in [0.29, 0.717) is 11.7 Å². The molecule has 1 amide bonds. The van der Waals surface area contributed by atoms with Crippen molar-refractivity contribution in [3.8, 4) is 0 Å². The summed E-state index contributed by atoms with van der Waals surface area (Å²) in [7, 11) is 2.14. The number of nitrogens with zero attached hydrogens (tertiary/aromatic N) is 2. The van der Waals surface area contributed by atoms with Gasteiger partial charge in [0, 0.05) is 30.0 Å². The molecule has 1 N–H and O–H groups in total. The van der Waals surface area contributed by atoms with Crippen LogP contribution in [0.3, 0.4) is 0 Å². The Bertz CT molecular complexity index is 601. The number of benzene rings is 1. The van der Waals surface area contributed by atoms with Gasteiger partial charge in [-0.3, -0.25) is 4.79 Å². The first-order chi connectivity index (χ1) is 10.2. The predicted molar refractivity (Wildman–Crippen MR) is 85.5 cm³/mol. The molecule has 0 bridgehead atoms. The van der Waals surface area contributed by atoms with Gasteiger partial charge < -0.3 is 14.8 Å². The number of likely N-dealkylation sites (N-methyl/N-ethyl adjacent to an activating group) is 1. The summed E-state index contributed by atoms with van der Waals surface area (Å²) < 4.78 is 0. The fraction of sp³-hybridized carbons (Fsp3) is 0.471. The number of nitrogens with one attached hydrogen (secondary N) is 1. The van der Waals surface area contributed by atoms with Crippen LogP contribution in [-0.4, -0.2) is 53.4 Å². The third-order valence-corrected chi connectivity index (χ3v) is 4.39. The third kappa shape index (κ3) is 2.81. The number of hydrogen-bond donors (Lipinski definition) is 1. The second-order valence-corrected chi connectivity index (χ2v) is 5.95. The van der Waals surface area contributed by atoms with Gasteiger partial charge >= 0.3 is 0 Å². The fourth-order valence-electron chi connectivity index (χ4n) is 3.20. The lowest BCUT2D eigenvalue weighted by Crippen LogP contribution is -2.43. The Labute approximate surface area is 125 Å². The molecule has 2 aromatic rings. The lowest BCUT2D eigenvalue weighted by Gasteiger charge is -2.29. The van der Waals surface area contributed by atoms with E-state index in [1.807, 2.05) is 35.2 Å². The van der Waals surface area contributed by atoms with E-state index in [1.54, 1.807) is 0 Å². The highest BCUT2D eigenvalue weighted by Crippen LogP contribution is 2.19. The van der Waals surface area contributed by atoms with E-state index in [0.717, 1.165) is 43.4 Å². The van der Waals surface area contributed by atoms with E-state index in [4.69, 9.17) is 0 Å². The van der Waals surface area contributed by atoms with Gasteiger partial charge in [-0.2, -0.15) is 0 Å². The van der Waals surface area contributed by atoms with Crippen LogP contribution in [0.25, 0.3) is 10.9 Å². The quantitative estimate of drug-likeness (QED) is 0.921. The van der Waals surface area contributed by atoms with Crippen molar-refractivity contribution in [3.63, 3.8) is 0 Å². The maximum Gasteiger partial charge on any atom is 0.270 e.